The number of amides is 1. The fourth-order valence-corrected chi connectivity index (χ4v) is 2.37. The molecule has 0 aliphatic rings. The highest BCUT2D eigenvalue weighted by Crippen LogP contribution is 2.21. The summed E-state index contributed by atoms with van der Waals surface area (Å²) in [7, 11) is 0. The third kappa shape index (κ3) is 2.69. The summed E-state index contributed by atoms with van der Waals surface area (Å²) in [5.74, 6) is -0.161. The smallest absolute Gasteiger partial charge is 0.258 e. The first-order valence-corrected chi connectivity index (χ1v) is 7.05. The maximum absolute atomic E-state index is 12.4. The molecule has 22 heavy (non-hydrogen) atoms. The molecule has 0 bridgehead atoms. The van der Waals surface area contributed by atoms with Gasteiger partial charge in [-0.15, -0.1) is 0 Å². The van der Waals surface area contributed by atoms with E-state index in [0.29, 0.717) is 35.4 Å². The van der Waals surface area contributed by atoms with Crippen molar-refractivity contribution in [3.63, 3.8) is 0 Å². The number of hydrogen-bond donors (Lipinski definition) is 1. The predicted octanol–water partition coefficient (Wildman–Crippen LogP) is 1.77. The van der Waals surface area contributed by atoms with Crippen LogP contribution in [0.15, 0.2) is 23.0 Å². The number of aryl methyl sites for hydroxylation is 3. The molecule has 7 nitrogen and oxygen atoms in total. The Bertz CT molecular complexity index is 834. The average Bonchev–Trinajstić information content (AvgIpc) is 3.04. The van der Waals surface area contributed by atoms with Crippen molar-refractivity contribution in [2.75, 3.05) is 6.54 Å². The molecule has 114 valence electrons. The predicted molar refractivity (Wildman–Crippen MR) is 80.6 cm³/mol. The van der Waals surface area contributed by atoms with Gasteiger partial charge in [0.05, 0.1) is 29.4 Å². The Balaban J connectivity index is 1.76. The van der Waals surface area contributed by atoms with Gasteiger partial charge in [0, 0.05) is 18.4 Å². The first-order chi connectivity index (χ1) is 10.5. The minimum absolute atomic E-state index is 0.161. The maximum atomic E-state index is 12.4. The van der Waals surface area contributed by atoms with E-state index >= 15 is 0 Å². The van der Waals surface area contributed by atoms with Crippen molar-refractivity contribution in [2.45, 2.75) is 27.3 Å². The minimum atomic E-state index is -0.161. The van der Waals surface area contributed by atoms with Crippen LogP contribution in [0.3, 0.4) is 0 Å². The Morgan fingerprint density at radius 1 is 1.36 bits per heavy atom. The number of nitrogens with one attached hydrogen (secondary N) is 1. The molecule has 0 radical (unpaired) electrons. The summed E-state index contributed by atoms with van der Waals surface area (Å²) in [6, 6.07) is 1.75. The van der Waals surface area contributed by atoms with Gasteiger partial charge in [-0.1, -0.05) is 5.16 Å². The molecular weight excluding hydrogens is 282 g/mol. The summed E-state index contributed by atoms with van der Waals surface area (Å²) in [5, 5.41) is 11.6. The molecule has 3 aromatic heterocycles. The minimum Gasteiger partial charge on any atom is -0.350 e. The molecule has 1 N–H and O–H groups in total. The van der Waals surface area contributed by atoms with E-state index in [1.165, 1.54) is 0 Å². The highest BCUT2D eigenvalue weighted by molar-refractivity contribution is 6.05. The highest BCUT2D eigenvalue weighted by Gasteiger charge is 2.17. The molecule has 3 rings (SSSR count). The average molecular weight is 299 g/mol. The van der Waals surface area contributed by atoms with E-state index in [-0.39, 0.29) is 5.91 Å². The van der Waals surface area contributed by atoms with Crippen molar-refractivity contribution < 1.29 is 9.32 Å². The number of nitrogens with zero attached hydrogens (tertiary/aromatic N) is 4. The number of carbonyl (C=O) groups is 1. The zero-order valence-corrected chi connectivity index (χ0v) is 12.8. The van der Waals surface area contributed by atoms with Crippen LogP contribution < -0.4 is 5.32 Å². The largest absolute Gasteiger partial charge is 0.350 e. The Morgan fingerprint density at radius 3 is 2.91 bits per heavy atom. The molecule has 7 heteroatoms. The summed E-state index contributed by atoms with van der Waals surface area (Å²) < 4.78 is 6.94. The molecule has 0 saturated heterocycles. The molecule has 0 saturated carbocycles. The molecule has 0 spiro atoms. The van der Waals surface area contributed by atoms with Gasteiger partial charge in [-0.3, -0.25) is 9.48 Å². The Morgan fingerprint density at radius 2 is 2.18 bits per heavy atom. The summed E-state index contributed by atoms with van der Waals surface area (Å²) >= 11 is 0. The van der Waals surface area contributed by atoms with E-state index in [1.54, 1.807) is 23.9 Å². The second-order valence-electron chi connectivity index (χ2n) is 5.30. The molecule has 3 aromatic rings. The van der Waals surface area contributed by atoms with Gasteiger partial charge in [-0.25, -0.2) is 4.98 Å². The van der Waals surface area contributed by atoms with Crippen molar-refractivity contribution in [3.8, 4) is 0 Å². The number of pyridine rings is 1. The lowest BCUT2D eigenvalue weighted by Gasteiger charge is -2.07. The lowest BCUT2D eigenvalue weighted by atomic mass is 10.1. The molecule has 0 aliphatic carbocycles. The van der Waals surface area contributed by atoms with E-state index in [9.17, 15) is 4.79 Å². The van der Waals surface area contributed by atoms with E-state index < -0.39 is 0 Å². The molecule has 3 heterocycles. The standard InChI is InChI=1S/C15H17N5O2/c1-9-7-17-20(8-9)5-4-16-14(21)12-6-10(2)18-15-13(12)11(3)19-22-15/h6-8H,4-5H2,1-3H3,(H,16,21). The van der Waals surface area contributed by atoms with Crippen molar-refractivity contribution in [3.05, 3.63) is 41.0 Å². The van der Waals surface area contributed by atoms with Gasteiger partial charge in [-0.05, 0) is 32.4 Å². The molecule has 1 amide bonds. The van der Waals surface area contributed by atoms with Crippen LogP contribution in [-0.2, 0) is 6.54 Å². The summed E-state index contributed by atoms with van der Waals surface area (Å²) in [6.45, 7) is 6.71. The van der Waals surface area contributed by atoms with Crippen molar-refractivity contribution in [2.24, 2.45) is 0 Å². The normalized spacial score (nSPS) is 11.0. The van der Waals surface area contributed by atoms with Crippen LogP contribution in [-0.4, -0.2) is 32.4 Å². The summed E-state index contributed by atoms with van der Waals surface area (Å²) in [4.78, 5) is 16.7. The van der Waals surface area contributed by atoms with Crippen molar-refractivity contribution >= 4 is 17.0 Å². The second-order valence-corrected chi connectivity index (χ2v) is 5.30. The Kier molecular flexibility index (Phi) is 3.62. The van der Waals surface area contributed by atoms with Crippen LogP contribution in [0.5, 0.6) is 0 Å². The van der Waals surface area contributed by atoms with Crippen LogP contribution in [0.4, 0.5) is 0 Å². The van der Waals surface area contributed by atoms with Gasteiger partial charge in [0.2, 0.25) is 0 Å². The van der Waals surface area contributed by atoms with Gasteiger partial charge >= 0.3 is 0 Å². The van der Waals surface area contributed by atoms with Gasteiger partial charge in [-0.2, -0.15) is 5.10 Å². The first kappa shape index (κ1) is 14.2. The fourth-order valence-electron chi connectivity index (χ4n) is 2.37. The van der Waals surface area contributed by atoms with Crippen molar-refractivity contribution in [1.29, 1.82) is 0 Å². The molecule has 0 aromatic carbocycles. The first-order valence-electron chi connectivity index (χ1n) is 7.05. The SMILES string of the molecule is Cc1cnn(CCNC(=O)c2cc(C)nc3onc(C)c23)c1. The maximum Gasteiger partial charge on any atom is 0.258 e. The molecule has 0 fully saturated rings. The zero-order chi connectivity index (χ0) is 15.7. The zero-order valence-electron chi connectivity index (χ0n) is 12.8. The van der Waals surface area contributed by atoms with Crippen LogP contribution in [0.1, 0.15) is 27.3 Å². The van der Waals surface area contributed by atoms with Gasteiger partial charge in [0.1, 0.15) is 0 Å². The number of aromatic nitrogens is 4. The van der Waals surface area contributed by atoms with E-state index in [0.717, 1.165) is 11.3 Å². The molecule has 0 aliphatic heterocycles. The monoisotopic (exact) mass is 299 g/mol. The number of hydrogen-bond acceptors (Lipinski definition) is 5. The second kappa shape index (κ2) is 5.59. The van der Waals surface area contributed by atoms with Gasteiger partial charge < -0.3 is 9.84 Å². The van der Waals surface area contributed by atoms with Crippen LogP contribution in [0.2, 0.25) is 0 Å². The van der Waals surface area contributed by atoms with Crippen LogP contribution in [0, 0.1) is 20.8 Å². The van der Waals surface area contributed by atoms with Gasteiger partial charge in [0.15, 0.2) is 0 Å². The number of carbonyl (C=O) groups excluding carboxylic acids is 1. The lowest BCUT2D eigenvalue weighted by Crippen LogP contribution is -2.27. The number of fused-ring (bicyclic) bond motifs is 1. The number of rotatable bonds is 4. The van der Waals surface area contributed by atoms with Crippen LogP contribution >= 0.6 is 0 Å². The molecule has 0 atom stereocenters. The van der Waals surface area contributed by atoms with Gasteiger partial charge in [0.25, 0.3) is 11.6 Å². The van der Waals surface area contributed by atoms with E-state index in [2.05, 4.69) is 20.6 Å². The van der Waals surface area contributed by atoms with Crippen LogP contribution in [0.25, 0.3) is 11.1 Å². The van der Waals surface area contributed by atoms with Crippen molar-refractivity contribution in [1.82, 2.24) is 25.2 Å². The quantitative estimate of drug-likeness (QED) is 0.793. The lowest BCUT2D eigenvalue weighted by molar-refractivity contribution is 0.0953. The Hall–Kier alpha value is -2.70. The third-order valence-corrected chi connectivity index (χ3v) is 3.38. The topological polar surface area (TPSA) is 85.8 Å². The Labute approximate surface area is 127 Å². The van der Waals surface area contributed by atoms with E-state index in [1.807, 2.05) is 20.0 Å². The highest BCUT2D eigenvalue weighted by atomic mass is 16.5. The van der Waals surface area contributed by atoms with E-state index in [4.69, 9.17) is 4.52 Å². The summed E-state index contributed by atoms with van der Waals surface area (Å²) in [6.07, 6.45) is 3.73. The molecule has 0 unspecified atom stereocenters. The summed E-state index contributed by atoms with van der Waals surface area (Å²) in [5.41, 5.74) is 3.41. The molecular formula is C15H17N5O2. The third-order valence-electron chi connectivity index (χ3n) is 3.38. The fraction of sp³-hybridized carbons (Fsp3) is 0.333.